The maximum atomic E-state index is 12.1. The number of benzene rings is 1. The lowest BCUT2D eigenvalue weighted by Gasteiger charge is -2.29. The number of carbonyl (C=O) groups is 2. The van der Waals surface area contributed by atoms with E-state index in [0.717, 1.165) is 5.56 Å². The molecule has 1 aliphatic heterocycles. The van der Waals surface area contributed by atoms with Crippen LogP contribution in [0.5, 0.6) is 5.75 Å². The molecule has 1 aromatic carbocycles. The van der Waals surface area contributed by atoms with Crippen molar-refractivity contribution in [2.75, 3.05) is 18.0 Å². The Bertz CT molecular complexity index is 737. The largest absolute Gasteiger partial charge is 0.423 e. The Balaban J connectivity index is 1.67. The van der Waals surface area contributed by atoms with Crippen molar-refractivity contribution in [2.24, 2.45) is 0 Å². The highest BCUT2D eigenvalue weighted by Gasteiger charge is 2.25. The maximum absolute atomic E-state index is 12.1. The molecule has 2 aromatic rings. The van der Waals surface area contributed by atoms with Crippen molar-refractivity contribution >= 4 is 29.2 Å². The molecule has 1 amide bonds. The molecule has 0 spiro atoms. The molecular formula is C16H14ClN3O3. The van der Waals surface area contributed by atoms with Gasteiger partial charge >= 0.3 is 5.97 Å². The monoisotopic (exact) mass is 331 g/mol. The smallest absolute Gasteiger partial charge is 0.331 e. The predicted octanol–water partition coefficient (Wildman–Crippen LogP) is 1.78. The highest BCUT2D eigenvalue weighted by molar-refractivity contribution is 6.31. The Morgan fingerprint density at radius 3 is 3.04 bits per heavy atom. The number of halogens is 1. The molecule has 0 radical (unpaired) electrons. The van der Waals surface area contributed by atoms with Gasteiger partial charge < -0.3 is 15.0 Å². The number of hydrogen-bond donors (Lipinski definition) is 1. The van der Waals surface area contributed by atoms with Crippen LogP contribution in [0.1, 0.15) is 5.56 Å². The standard InChI is InChI=1S/C16H14ClN3O3/c17-12-3-4-14-13(6-12)20(10-16(22)23-14)9-15(21)19-8-11-2-1-5-18-7-11/h1-7H,8-10H2,(H,19,21). The zero-order valence-electron chi connectivity index (χ0n) is 12.2. The Hall–Kier alpha value is -2.60. The van der Waals surface area contributed by atoms with Crippen LogP contribution in [0.25, 0.3) is 0 Å². The summed E-state index contributed by atoms with van der Waals surface area (Å²) in [6.45, 7) is 0.434. The van der Waals surface area contributed by atoms with E-state index in [2.05, 4.69) is 10.3 Å². The zero-order valence-corrected chi connectivity index (χ0v) is 12.9. The van der Waals surface area contributed by atoms with Gasteiger partial charge in [-0.15, -0.1) is 0 Å². The second-order valence-corrected chi connectivity index (χ2v) is 5.52. The second-order valence-electron chi connectivity index (χ2n) is 5.08. The molecule has 3 rings (SSSR count). The molecule has 2 heterocycles. The summed E-state index contributed by atoms with van der Waals surface area (Å²) in [6.07, 6.45) is 3.36. The van der Waals surface area contributed by atoms with Crippen molar-refractivity contribution in [2.45, 2.75) is 6.54 Å². The van der Waals surface area contributed by atoms with Crippen LogP contribution in [0.15, 0.2) is 42.7 Å². The van der Waals surface area contributed by atoms with Crippen LogP contribution in [-0.2, 0) is 16.1 Å². The third-order valence-corrected chi connectivity index (χ3v) is 3.59. The Kier molecular flexibility index (Phi) is 4.43. The molecule has 0 saturated carbocycles. The number of rotatable bonds is 4. The molecule has 1 N–H and O–H groups in total. The van der Waals surface area contributed by atoms with E-state index in [9.17, 15) is 9.59 Å². The van der Waals surface area contributed by atoms with Gasteiger partial charge in [-0.05, 0) is 29.8 Å². The number of anilines is 1. The fourth-order valence-electron chi connectivity index (χ4n) is 2.29. The van der Waals surface area contributed by atoms with Crippen molar-refractivity contribution in [3.63, 3.8) is 0 Å². The Morgan fingerprint density at radius 1 is 1.39 bits per heavy atom. The molecular weight excluding hydrogens is 318 g/mol. The third-order valence-electron chi connectivity index (χ3n) is 3.35. The van der Waals surface area contributed by atoms with Crippen LogP contribution in [0, 0.1) is 0 Å². The quantitative estimate of drug-likeness (QED) is 0.683. The number of fused-ring (bicyclic) bond motifs is 1. The van der Waals surface area contributed by atoms with E-state index >= 15 is 0 Å². The fourth-order valence-corrected chi connectivity index (χ4v) is 2.46. The van der Waals surface area contributed by atoms with Gasteiger partial charge in [0.25, 0.3) is 0 Å². The van der Waals surface area contributed by atoms with Gasteiger partial charge in [-0.2, -0.15) is 0 Å². The molecule has 0 fully saturated rings. The van der Waals surface area contributed by atoms with Crippen LogP contribution in [0.4, 0.5) is 5.69 Å². The molecule has 1 aliphatic rings. The van der Waals surface area contributed by atoms with Gasteiger partial charge in [-0.1, -0.05) is 17.7 Å². The first-order valence-electron chi connectivity index (χ1n) is 7.02. The number of carbonyl (C=O) groups excluding carboxylic acids is 2. The van der Waals surface area contributed by atoms with E-state index in [1.165, 1.54) is 0 Å². The first-order valence-corrected chi connectivity index (χ1v) is 7.40. The van der Waals surface area contributed by atoms with Crippen LogP contribution >= 0.6 is 11.6 Å². The van der Waals surface area contributed by atoms with Crippen molar-refractivity contribution in [3.8, 4) is 5.75 Å². The first-order chi connectivity index (χ1) is 11.1. The number of nitrogens with zero attached hydrogens (tertiary/aromatic N) is 2. The van der Waals surface area contributed by atoms with E-state index in [4.69, 9.17) is 16.3 Å². The molecule has 0 atom stereocenters. The minimum atomic E-state index is -0.403. The molecule has 7 heteroatoms. The summed E-state index contributed by atoms with van der Waals surface area (Å²) in [5.74, 6) is -0.194. The van der Waals surface area contributed by atoms with Crippen molar-refractivity contribution in [1.82, 2.24) is 10.3 Å². The molecule has 118 valence electrons. The SMILES string of the molecule is O=C(CN1CC(=O)Oc2ccc(Cl)cc21)NCc1cccnc1. The molecule has 0 unspecified atom stereocenters. The second kappa shape index (κ2) is 6.66. The van der Waals surface area contributed by atoms with Crippen LogP contribution in [-0.4, -0.2) is 29.9 Å². The number of esters is 1. The number of pyridine rings is 1. The zero-order chi connectivity index (χ0) is 16.2. The summed E-state index contributed by atoms with van der Waals surface area (Å²) in [5.41, 5.74) is 1.54. The number of amides is 1. The molecule has 0 saturated heterocycles. The average Bonchev–Trinajstić information content (AvgIpc) is 2.54. The number of hydrogen-bond acceptors (Lipinski definition) is 5. The lowest BCUT2D eigenvalue weighted by atomic mass is 10.2. The van der Waals surface area contributed by atoms with Gasteiger partial charge in [0.2, 0.25) is 5.91 Å². The van der Waals surface area contributed by atoms with Gasteiger partial charge in [-0.3, -0.25) is 9.78 Å². The summed E-state index contributed by atoms with van der Waals surface area (Å²) in [6, 6.07) is 8.62. The van der Waals surface area contributed by atoms with E-state index in [-0.39, 0.29) is 19.0 Å². The van der Waals surface area contributed by atoms with Crippen LogP contribution in [0.2, 0.25) is 5.02 Å². The van der Waals surface area contributed by atoms with Crippen molar-refractivity contribution in [3.05, 3.63) is 53.3 Å². The summed E-state index contributed by atoms with van der Waals surface area (Å²) in [7, 11) is 0. The summed E-state index contributed by atoms with van der Waals surface area (Å²) >= 11 is 5.98. The first kappa shape index (κ1) is 15.3. The highest BCUT2D eigenvalue weighted by Crippen LogP contribution is 2.34. The maximum Gasteiger partial charge on any atom is 0.331 e. The van der Waals surface area contributed by atoms with Crippen LogP contribution in [0.3, 0.4) is 0 Å². The van der Waals surface area contributed by atoms with Gasteiger partial charge in [0, 0.05) is 24.0 Å². The minimum absolute atomic E-state index is 0.00759. The van der Waals surface area contributed by atoms with Crippen molar-refractivity contribution < 1.29 is 14.3 Å². The normalized spacial score (nSPS) is 13.3. The summed E-state index contributed by atoms with van der Waals surface area (Å²) < 4.78 is 5.15. The fraction of sp³-hybridized carbons (Fsp3) is 0.188. The molecule has 23 heavy (non-hydrogen) atoms. The average molecular weight is 332 g/mol. The molecule has 0 bridgehead atoms. The lowest BCUT2D eigenvalue weighted by molar-refractivity contribution is -0.133. The van der Waals surface area contributed by atoms with Crippen molar-refractivity contribution in [1.29, 1.82) is 0 Å². The van der Waals surface area contributed by atoms with Crippen LogP contribution < -0.4 is 15.0 Å². The lowest BCUT2D eigenvalue weighted by Crippen LogP contribution is -2.43. The number of nitrogens with one attached hydrogen (secondary N) is 1. The van der Waals surface area contributed by atoms with E-state index < -0.39 is 5.97 Å². The molecule has 0 aliphatic carbocycles. The van der Waals surface area contributed by atoms with E-state index in [1.54, 1.807) is 41.6 Å². The topological polar surface area (TPSA) is 71.5 Å². The number of aromatic nitrogens is 1. The number of ether oxygens (including phenoxy) is 1. The van der Waals surface area contributed by atoms with E-state index in [0.29, 0.717) is 23.0 Å². The Morgan fingerprint density at radius 2 is 2.26 bits per heavy atom. The van der Waals surface area contributed by atoms with E-state index in [1.807, 2.05) is 6.07 Å². The Labute approximate surface area is 138 Å². The minimum Gasteiger partial charge on any atom is -0.423 e. The summed E-state index contributed by atoms with van der Waals surface area (Å²) in [5, 5.41) is 3.32. The third kappa shape index (κ3) is 3.78. The summed E-state index contributed by atoms with van der Waals surface area (Å²) in [4.78, 5) is 29.4. The van der Waals surface area contributed by atoms with Gasteiger partial charge in [-0.25, -0.2) is 4.79 Å². The molecule has 1 aromatic heterocycles. The van der Waals surface area contributed by atoms with Gasteiger partial charge in [0.05, 0.1) is 12.2 Å². The van der Waals surface area contributed by atoms with Gasteiger partial charge in [0.1, 0.15) is 6.54 Å². The molecule has 6 nitrogen and oxygen atoms in total. The predicted molar refractivity (Wildman–Crippen MR) is 85.4 cm³/mol. The highest BCUT2D eigenvalue weighted by atomic mass is 35.5. The van der Waals surface area contributed by atoms with Gasteiger partial charge in [0.15, 0.2) is 5.75 Å².